The molecule has 2 aromatic rings. The smallest absolute Gasteiger partial charge is 0.191 e. The summed E-state index contributed by atoms with van der Waals surface area (Å²) in [7, 11) is 0. The summed E-state index contributed by atoms with van der Waals surface area (Å²) in [4.78, 5) is 4.59. The summed E-state index contributed by atoms with van der Waals surface area (Å²) in [5.41, 5.74) is 1.24. The molecule has 0 atom stereocenters. The number of nitrogens with zero attached hydrogens (tertiary/aromatic N) is 4. The number of halogens is 1. The number of aliphatic imine (C=N–C) groups is 1. The minimum absolute atomic E-state index is 0. The van der Waals surface area contributed by atoms with Crippen molar-refractivity contribution in [1.82, 2.24) is 25.4 Å². The molecule has 0 spiro atoms. The zero-order chi connectivity index (χ0) is 18.6. The third-order valence-electron chi connectivity index (χ3n) is 3.86. The molecule has 0 saturated heterocycles. The summed E-state index contributed by atoms with van der Waals surface area (Å²) in [5, 5.41) is 14.7. The zero-order valence-corrected chi connectivity index (χ0v) is 18.8. The van der Waals surface area contributed by atoms with Crippen LogP contribution in [-0.4, -0.2) is 47.0 Å². The van der Waals surface area contributed by atoms with Crippen LogP contribution in [0.1, 0.15) is 31.7 Å². The van der Waals surface area contributed by atoms with Crippen molar-refractivity contribution in [3.05, 3.63) is 42.0 Å². The molecule has 7 nitrogen and oxygen atoms in total. The molecule has 0 aliphatic rings. The Morgan fingerprint density at radius 3 is 2.67 bits per heavy atom. The lowest BCUT2D eigenvalue weighted by Gasteiger charge is -2.12. The summed E-state index contributed by atoms with van der Waals surface area (Å²) in [6.07, 6.45) is 3.53. The van der Waals surface area contributed by atoms with Gasteiger partial charge in [0.05, 0.1) is 6.61 Å². The first kappa shape index (κ1) is 23.2. The van der Waals surface area contributed by atoms with E-state index in [-0.39, 0.29) is 24.0 Å². The van der Waals surface area contributed by atoms with Gasteiger partial charge in [0.2, 0.25) is 0 Å². The lowest BCUT2D eigenvalue weighted by atomic mass is 10.2. The summed E-state index contributed by atoms with van der Waals surface area (Å²) >= 11 is 0. The third-order valence-corrected chi connectivity index (χ3v) is 3.86. The predicted octanol–water partition coefficient (Wildman–Crippen LogP) is 2.79. The fraction of sp³-hybridized carbons (Fsp3) is 0.526. The molecule has 0 aliphatic carbocycles. The van der Waals surface area contributed by atoms with E-state index in [1.165, 1.54) is 5.56 Å². The minimum atomic E-state index is 0. The molecule has 2 N–H and O–H groups in total. The van der Waals surface area contributed by atoms with Crippen molar-refractivity contribution in [2.45, 2.75) is 40.2 Å². The average molecular weight is 486 g/mol. The molecule has 0 bridgehead atoms. The molecule has 27 heavy (non-hydrogen) atoms. The molecule has 0 aliphatic heterocycles. The first-order valence-electron chi connectivity index (χ1n) is 9.31. The maximum absolute atomic E-state index is 5.73. The van der Waals surface area contributed by atoms with Gasteiger partial charge in [0.25, 0.3) is 0 Å². The molecule has 2 rings (SSSR count). The third kappa shape index (κ3) is 8.59. The van der Waals surface area contributed by atoms with Gasteiger partial charge in [-0.15, -0.1) is 34.2 Å². The number of nitrogens with one attached hydrogen (secondary N) is 2. The fourth-order valence-corrected chi connectivity index (χ4v) is 2.46. The Morgan fingerprint density at radius 1 is 1.19 bits per heavy atom. The molecule has 150 valence electrons. The van der Waals surface area contributed by atoms with E-state index in [0.717, 1.165) is 50.0 Å². The van der Waals surface area contributed by atoms with Crippen molar-refractivity contribution in [3.63, 3.8) is 0 Å². The summed E-state index contributed by atoms with van der Waals surface area (Å²) in [6, 6.07) is 8.11. The molecule has 0 unspecified atom stereocenters. The molecular formula is C19H31IN6O. The van der Waals surface area contributed by atoms with Gasteiger partial charge < -0.3 is 19.9 Å². The Balaban J connectivity index is 0.00000364. The molecule has 8 heteroatoms. The molecule has 0 amide bonds. The number of guanidine groups is 1. The van der Waals surface area contributed by atoms with E-state index in [9.17, 15) is 0 Å². The van der Waals surface area contributed by atoms with Crippen LogP contribution in [0.2, 0.25) is 0 Å². The van der Waals surface area contributed by atoms with Crippen molar-refractivity contribution in [2.24, 2.45) is 4.99 Å². The minimum Gasteiger partial charge on any atom is -0.494 e. The highest BCUT2D eigenvalue weighted by Crippen LogP contribution is 2.11. The van der Waals surface area contributed by atoms with Crippen molar-refractivity contribution >= 4 is 29.9 Å². The van der Waals surface area contributed by atoms with E-state index in [4.69, 9.17) is 4.74 Å². The van der Waals surface area contributed by atoms with Gasteiger partial charge in [0.15, 0.2) is 5.96 Å². The van der Waals surface area contributed by atoms with Gasteiger partial charge in [-0.05, 0) is 26.0 Å². The zero-order valence-electron chi connectivity index (χ0n) is 16.4. The van der Waals surface area contributed by atoms with Crippen LogP contribution in [0.3, 0.4) is 0 Å². The van der Waals surface area contributed by atoms with Gasteiger partial charge in [-0.3, -0.25) is 4.99 Å². The van der Waals surface area contributed by atoms with Crippen LogP contribution >= 0.6 is 24.0 Å². The number of ether oxygens (including phenoxy) is 1. The van der Waals surface area contributed by atoms with E-state index in [2.05, 4.69) is 63.3 Å². The molecule has 1 aromatic heterocycles. The highest BCUT2D eigenvalue weighted by Gasteiger charge is 2.02. The van der Waals surface area contributed by atoms with E-state index in [1.54, 1.807) is 6.33 Å². The van der Waals surface area contributed by atoms with Gasteiger partial charge in [-0.25, -0.2) is 0 Å². The van der Waals surface area contributed by atoms with E-state index in [0.29, 0.717) is 13.2 Å². The molecule has 0 fully saturated rings. The van der Waals surface area contributed by atoms with Crippen molar-refractivity contribution in [1.29, 1.82) is 0 Å². The van der Waals surface area contributed by atoms with E-state index >= 15 is 0 Å². The fourth-order valence-electron chi connectivity index (χ4n) is 2.46. The molecule has 1 aromatic carbocycles. The van der Waals surface area contributed by atoms with Gasteiger partial charge >= 0.3 is 0 Å². The monoisotopic (exact) mass is 486 g/mol. The van der Waals surface area contributed by atoms with E-state index < -0.39 is 0 Å². The highest BCUT2D eigenvalue weighted by molar-refractivity contribution is 14.0. The molecule has 0 radical (unpaired) electrons. The first-order chi connectivity index (χ1) is 12.7. The van der Waals surface area contributed by atoms with Crippen LogP contribution in [-0.2, 0) is 13.0 Å². The standard InChI is InChI=1S/C19H30N6O.HI/c1-4-18-24-23-15-25(18)13-12-22-19(20-5-2)21-11-6-14-26-17-9-7-16(3)8-10-17;/h7-10,15H,4-6,11-14H2,1-3H3,(H2,20,21,22);1H. The summed E-state index contributed by atoms with van der Waals surface area (Å²) < 4.78 is 7.79. The topological polar surface area (TPSA) is 76.4 Å². The average Bonchev–Trinajstić information content (AvgIpc) is 3.10. The normalized spacial score (nSPS) is 11.0. The summed E-state index contributed by atoms with van der Waals surface area (Å²) in [6.45, 7) is 10.0. The lowest BCUT2D eigenvalue weighted by Crippen LogP contribution is -2.39. The van der Waals surface area contributed by atoms with Crippen LogP contribution in [0.5, 0.6) is 5.75 Å². The van der Waals surface area contributed by atoms with Crippen molar-refractivity contribution in [2.75, 3.05) is 26.2 Å². The predicted molar refractivity (Wildman–Crippen MR) is 120 cm³/mol. The van der Waals surface area contributed by atoms with Gasteiger partial charge in [-0.1, -0.05) is 24.6 Å². The van der Waals surface area contributed by atoms with Crippen LogP contribution in [0.25, 0.3) is 0 Å². The molecular weight excluding hydrogens is 455 g/mol. The summed E-state index contributed by atoms with van der Waals surface area (Å²) in [5.74, 6) is 2.74. The first-order valence-corrected chi connectivity index (χ1v) is 9.31. The van der Waals surface area contributed by atoms with E-state index in [1.807, 2.05) is 12.1 Å². The van der Waals surface area contributed by atoms with Crippen molar-refractivity contribution < 1.29 is 4.74 Å². The second-order valence-corrected chi connectivity index (χ2v) is 6.00. The van der Waals surface area contributed by atoms with Gasteiger partial charge in [-0.2, -0.15) is 0 Å². The maximum atomic E-state index is 5.73. The lowest BCUT2D eigenvalue weighted by molar-refractivity contribution is 0.313. The van der Waals surface area contributed by atoms with Crippen LogP contribution < -0.4 is 15.4 Å². The molecule has 1 heterocycles. The van der Waals surface area contributed by atoms with Crippen molar-refractivity contribution in [3.8, 4) is 5.75 Å². The van der Waals surface area contributed by atoms with Crippen LogP contribution in [0.4, 0.5) is 0 Å². The Bertz CT molecular complexity index is 671. The number of hydrogen-bond donors (Lipinski definition) is 2. The second-order valence-electron chi connectivity index (χ2n) is 6.00. The highest BCUT2D eigenvalue weighted by atomic mass is 127. The Morgan fingerprint density at radius 2 is 1.96 bits per heavy atom. The SMILES string of the molecule is CCNC(=NCCCOc1ccc(C)cc1)NCCn1cnnc1CC.I. The van der Waals surface area contributed by atoms with Gasteiger partial charge in [0.1, 0.15) is 17.9 Å². The van der Waals surface area contributed by atoms with Crippen LogP contribution in [0.15, 0.2) is 35.6 Å². The number of hydrogen-bond acceptors (Lipinski definition) is 4. The second kappa shape index (κ2) is 13.3. The number of rotatable bonds is 10. The Hall–Kier alpha value is -1.84. The Kier molecular flexibility index (Phi) is 11.5. The largest absolute Gasteiger partial charge is 0.494 e. The molecule has 0 saturated carbocycles. The number of benzene rings is 1. The van der Waals surface area contributed by atoms with Crippen LogP contribution in [0, 0.1) is 6.92 Å². The Labute approximate surface area is 179 Å². The number of aryl methyl sites for hydroxylation is 2. The number of aromatic nitrogens is 3. The van der Waals surface area contributed by atoms with Gasteiger partial charge in [0, 0.05) is 39.0 Å². The maximum Gasteiger partial charge on any atom is 0.191 e. The quantitative estimate of drug-likeness (QED) is 0.234.